The van der Waals surface area contributed by atoms with Crippen LogP contribution in [0.2, 0.25) is 0 Å². The van der Waals surface area contributed by atoms with Crippen molar-refractivity contribution in [3.8, 4) is 0 Å². The van der Waals surface area contributed by atoms with Gasteiger partial charge in [-0.3, -0.25) is 9.52 Å². The molecule has 0 rings (SSSR count). The number of sulfonamides is 1. The van der Waals surface area contributed by atoms with Crippen molar-refractivity contribution < 1.29 is 41.4 Å². The first-order chi connectivity index (χ1) is 18.7. The molecule has 10 nitrogen and oxygen atoms in total. The monoisotopic (exact) mass is 601 g/mol. The zero-order valence-corrected chi connectivity index (χ0v) is 26.5. The van der Waals surface area contributed by atoms with E-state index in [1.54, 1.807) is 0 Å². The van der Waals surface area contributed by atoms with Crippen LogP contribution in [0.4, 0.5) is 0 Å². The van der Waals surface area contributed by atoms with E-state index in [1.807, 2.05) is 25.9 Å². The number of carbonyl (C=O) groups is 1. The zero-order valence-electron chi connectivity index (χ0n) is 24.8. The van der Waals surface area contributed by atoms with Crippen molar-refractivity contribution in [1.82, 2.24) is 4.72 Å². The molecule has 0 fully saturated rings. The lowest BCUT2D eigenvalue weighted by molar-refractivity contribution is -0.870. The summed E-state index contributed by atoms with van der Waals surface area (Å²) < 4.78 is 53.6. The first-order valence-electron chi connectivity index (χ1n) is 14.5. The Morgan fingerprint density at radius 2 is 1.03 bits per heavy atom. The third kappa shape index (κ3) is 31.9. The Balaban J connectivity index is 3.30. The highest BCUT2D eigenvalue weighted by molar-refractivity contribution is 7.90. The van der Waals surface area contributed by atoms with Crippen LogP contribution in [0.1, 0.15) is 64.2 Å². The molecule has 0 spiro atoms. The maximum absolute atomic E-state index is 11.9. The molecule has 0 radical (unpaired) electrons. The first kappa shape index (κ1) is 38.5. The normalized spacial score (nSPS) is 12.2. The molecule has 0 bridgehead atoms. The van der Waals surface area contributed by atoms with E-state index in [2.05, 4.69) is 12.6 Å². The predicted molar refractivity (Wildman–Crippen MR) is 159 cm³/mol. The molecule has 0 aromatic rings. The highest BCUT2D eigenvalue weighted by atomic mass is 32.2. The second kappa shape index (κ2) is 26.4. The van der Waals surface area contributed by atoms with Crippen LogP contribution in [0.25, 0.3) is 0 Å². The second-order valence-corrected chi connectivity index (χ2v) is 12.9. The quantitative estimate of drug-likeness (QED) is 0.0735. The molecule has 234 valence electrons. The Morgan fingerprint density at radius 3 is 1.49 bits per heavy atom. The Morgan fingerprint density at radius 1 is 0.615 bits per heavy atom. The minimum Gasteiger partial charge on any atom is -0.379 e. The van der Waals surface area contributed by atoms with Gasteiger partial charge in [0, 0.05) is 13.0 Å². The van der Waals surface area contributed by atoms with Gasteiger partial charge in [0.25, 0.3) is 5.91 Å². The van der Waals surface area contributed by atoms with Crippen LogP contribution in [-0.4, -0.2) is 124 Å². The number of ether oxygens (including phenoxy) is 5. The fourth-order valence-electron chi connectivity index (χ4n) is 3.58. The molecule has 1 N–H and O–H groups in total. The van der Waals surface area contributed by atoms with Crippen LogP contribution in [0.5, 0.6) is 0 Å². The molecule has 0 aliphatic rings. The first-order valence-corrected chi connectivity index (χ1v) is 16.8. The molecule has 0 saturated heterocycles. The van der Waals surface area contributed by atoms with E-state index < -0.39 is 15.9 Å². The van der Waals surface area contributed by atoms with Crippen molar-refractivity contribution >= 4 is 28.6 Å². The number of hydrogen-bond acceptors (Lipinski definition) is 9. The van der Waals surface area contributed by atoms with Gasteiger partial charge >= 0.3 is 0 Å². The van der Waals surface area contributed by atoms with Crippen molar-refractivity contribution in [2.75, 3.05) is 105 Å². The van der Waals surface area contributed by atoms with E-state index >= 15 is 0 Å². The van der Waals surface area contributed by atoms with Crippen molar-refractivity contribution in [2.24, 2.45) is 0 Å². The third-order valence-corrected chi connectivity index (χ3v) is 7.36. The molecular weight excluding hydrogens is 544 g/mol. The molecule has 1 amide bonds. The molecule has 0 aromatic heterocycles. The lowest BCUT2D eigenvalue weighted by atomic mass is 10.1. The van der Waals surface area contributed by atoms with E-state index in [0.29, 0.717) is 57.1 Å². The highest BCUT2D eigenvalue weighted by Crippen LogP contribution is 2.10. The standard InChI is InChI=1S/C27H56N2O8S2/c1-29(2,3)14-13-25-39(31,32)28-27(30)26-37-23-22-36-21-20-35-19-18-34-17-16-33-15-11-9-7-5-4-6-8-10-12-24-38/h4-26H2,1-3H3,(H-,28,30,38)/p+1. The van der Waals surface area contributed by atoms with Gasteiger partial charge in [-0.1, -0.05) is 44.9 Å². The minimum atomic E-state index is -3.64. The molecular formula is C27H57N2O8S2+. The van der Waals surface area contributed by atoms with Gasteiger partial charge in [0.2, 0.25) is 10.0 Å². The molecule has 0 atom stereocenters. The summed E-state index contributed by atoms with van der Waals surface area (Å²) in [4.78, 5) is 11.7. The highest BCUT2D eigenvalue weighted by Gasteiger charge is 2.16. The van der Waals surface area contributed by atoms with Crippen molar-refractivity contribution in [3.05, 3.63) is 0 Å². The maximum Gasteiger partial charge on any atom is 0.259 e. The molecule has 0 saturated carbocycles. The average molecular weight is 602 g/mol. The van der Waals surface area contributed by atoms with Crippen LogP contribution < -0.4 is 4.72 Å². The number of unbranched alkanes of at least 4 members (excludes halogenated alkanes) is 8. The molecule has 0 unspecified atom stereocenters. The summed E-state index contributed by atoms with van der Waals surface area (Å²) >= 11 is 4.24. The Bertz CT molecular complexity index is 661. The Kier molecular flexibility index (Phi) is 26.1. The fraction of sp³-hybridized carbons (Fsp3) is 0.963. The number of nitrogens with one attached hydrogen (secondary N) is 1. The fourth-order valence-corrected chi connectivity index (χ4v) is 4.82. The van der Waals surface area contributed by atoms with Gasteiger partial charge in [-0.2, -0.15) is 12.6 Å². The number of rotatable bonds is 30. The summed E-state index contributed by atoms with van der Waals surface area (Å²) in [6.45, 7) is 4.64. The van der Waals surface area contributed by atoms with Crippen LogP contribution >= 0.6 is 12.6 Å². The lowest BCUT2D eigenvalue weighted by Crippen LogP contribution is -2.39. The summed E-state index contributed by atoms with van der Waals surface area (Å²) in [5.41, 5.74) is 0. The summed E-state index contributed by atoms with van der Waals surface area (Å²) in [5.74, 6) is 0.246. The van der Waals surface area contributed by atoms with E-state index in [0.717, 1.165) is 18.8 Å². The largest absolute Gasteiger partial charge is 0.379 e. The molecule has 12 heteroatoms. The Hall–Kier alpha value is -0.470. The van der Waals surface area contributed by atoms with Gasteiger partial charge in [-0.15, -0.1) is 0 Å². The van der Waals surface area contributed by atoms with E-state index in [-0.39, 0.29) is 25.6 Å². The SMILES string of the molecule is C[N+](C)(C)CCCS(=O)(=O)NC(=O)COCCOCCOCCOCCOCCCCCCCCCCCS. The summed E-state index contributed by atoms with van der Waals surface area (Å²) in [6, 6.07) is 0. The average Bonchev–Trinajstić information content (AvgIpc) is 2.85. The summed E-state index contributed by atoms with van der Waals surface area (Å²) in [7, 11) is 2.32. The topological polar surface area (TPSA) is 109 Å². The van der Waals surface area contributed by atoms with Crippen molar-refractivity contribution in [1.29, 1.82) is 0 Å². The van der Waals surface area contributed by atoms with E-state index in [4.69, 9.17) is 23.7 Å². The Labute approximate surface area is 243 Å². The predicted octanol–water partition coefficient (Wildman–Crippen LogP) is 3.05. The summed E-state index contributed by atoms with van der Waals surface area (Å²) in [6.07, 6.45) is 12.0. The van der Waals surface area contributed by atoms with Crippen LogP contribution in [-0.2, 0) is 38.5 Å². The number of carbonyl (C=O) groups excluding carboxylic acids is 1. The number of hydrogen-bond donors (Lipinski definition) is 2. The third-order valence-electron chi connectivity index (χ3n) is 5.68. The molecule has 39 heavy (non-hydrogen) atoms. The molecule has 0 aliphatic heterocycles. The van der Waals surface area contributed by atoms with Crippen molar-refractivity contribution in [2.45, 2.75) is 64.2 Å². The number of nitrogens with zero attached hydrogens (tertiary/aromatic N) is 1. The van der Waals surface area contributed by atoms with Gasteiger partial charge in [0.15, 0.2) is 0 Å². The second-order valence-electron chi connectivity index (χ2n) is 10.6. The van der Waals surface area contributed by atoms with Gasteiger partial charge in [0.1, 0.15) is 6.61 Å². The number of thiol groups is 1. The van der Waals surface area contributed by atoms with Crippen LogP contribution in [0.15, 0.2) is 0 Å². The van der Waals surface area contributed by atoms with Gasteiger partial charge in [-0.05, 0) is 18.6 Å². The zero-order chi connectivity index (χ0) is 29.1. The van der Waals surface area contributed by atoms with Crippen LogP contribution in [0.3, 0.4) is 0 Å². The van der Waals surface area contributed by atoms with Gasteiger partial charge in [-0.25, -0.2) is 8.42 Å². The molecule has 0 aromatic carbocycles. The van der Waals surface area contributed by atoms with Gasteiger partial charge < -0.3 is 28.2 Å². The minimum absolute atomic E-state index is 0.0890. The van der Waals surface area contributed by atoms with Crippen molar-refractivity contribution in [3.63, 3.8) is 0 Å². The molecule has 0 heterocycles. The van der Waals surface area contributed by atoms with E-state index in [1.165, 1.54) is 51.4 Å². The van der Waals surface area contributed by atoms with Gasteiger partial charge in [0.05, 0.1) is 86.3 Å². The number of amides is 1. The lowest BCUT2D eigenvalue weighted by Gasteiger charge is -2.23. The van der Waals surface area contributed by atoms with Crippen LogP contribution in [0, 0.1) is 0 Å². The maximum atomic E-state index is 11.9. The molecule has 0 aliphatic carbocycles. The van der Waals surface area contributed by atoms with E-state index in [9.17, 15) is 13.2 Å². The smallest absolute Gasteiger partial charge is 0.259 e. The summed E-state index contributed by atoms with van der Waals surface area (Å²) in [5, 5.41) is 0. The number of quaternary nitrogens is 1.